The first-order valence-electron chi connectivity index (χ1n) is 6.65. The van der Waals surface area contributed by atoms with E-state index in [-0.39, 0.29) is 0 Å². The molecule has 3 atom stereocenters. The Bertz CT molecular complexity index is 582. The van der Waals surface area contributed by atoms with E-state index in [4.69, 9.17) is 11.6 Å². The summed E-state index contributed by atoms with van der Waals surface area (Å²) in [6.45, 7) is 0. The molecule has 0 amide bonds. The van der Waals surface area contributed by atoms with Crippen molar-refractivity contribution >= 4 is 22.8 Å². The second-order valence-corrected chi connectivity index (χ2v) is 6.09. The molecule has 0 spiro atoms. The molecule has 2 aliphatic rings. The summed E-state index contributed by atoms with van der Waals surface area (Å²) in [4.78, 5) is 4.40. The van der Waals surface area contributed by atoms with E-state index in [9.17, 15) is 0 Å². The summed E-state index contributed by atoms with van der Waals surface area (Å²) in [7, 11) is 0. The summed E-state index contributed by atoms with van der Waals surface area (Å²) in [5.74, 6) is 1.82. The van der Waals surface area contributed by atoms with Gasteiger partial charge in [0.2, 0.25) is 0 Å². The molecule has 2 bridgehead atoms. The van der Waals surface area contributed by atoms with Gasteiger partial charge in [-0.25, -0.2) is 4.98 Å². The van der Waals surface area contributed by atoms with Gasteiger partial charge in [0.15, 0.2) is 10.8 Å². The minimum absolute atomic E-state index is 0.413. The molecule has 1 unspecified atom stereocenters. The molecule has 2 fully saturated rings. The van der Waals surface area contributed by atoms with Gasteiger partial charge in [-0.2, -0.15) is 0 Å². The van der Waals surface area contributed by atoms with Gasteiger partial charge in [-0.3, -0.25) is 0 Å². The van der Waals surface area contributed by atoms with Crippen molar-refractivity contribution in [3.05, 3.63) is 17.5 Å². The molecule has 2 saturated carbocycles. The first kappa shape index (κ1) is 10.7. The molecule has 0 saturated heterocycles. The van der Waals surface area contributed by atoms with Crippen LogP contribution in [-0.2, 0) is 0 Å². The van der Waals surface area contributed by atoms with E-state index in [0.29, 0.717) is 11.2 Å². The van der Waals surface area contributed by atoms with Crippen LogP contribution in [0.3, 0.4) is 0 Å². The Hall–Kier alpha value is -1.16. The maximum absolute atomic E-state index is 5.85. The molecular weight excluding hydrogens is 248 g/mol. The normalized spacial score (nSPS) is 31.1. The van der Waals surface area contributed by atoms with Crippen LogP contribution in [0.5, 0.6) is 0 Å². The lowest BCUT2D eigenvalue weighted by atomic mass is 9.85. The molecule has 2 heterocycles. The fraction of sp³-hybridized carbons (Fsp3) is 0.615. The monoisotopic (exact) mass is 262 g/mol. The molecule has 4 nitrogen and oxygen atoms in total. The zero-order valence-electron chi connectivity index (χ0n) is 10.1. The maximum Gasteiger partial charge on any atom is 0.182 e. The van der Waals surface area contributed by atoms with Crippen molar-refractivity contribution < 1.29 is 0 Å². The van der Waals surface area contributed by atoms with Crippen LogP contribution in [0.1, 0.15) is 38.1 Å². The van der Waals surface area contributed by atoms with Crippen LogP contribution in [-0.4, -0.2) is 19.7 Å². The fourth-order valence-corrected chi connectivity index (χ4v) is 3.92. The number of halogens is 1. The van der Waals surface area contributed by atoms with Gasteiger partial charge in [0.1, 0.15) is 5.52 Å². The van der Waals surface area contributed by atoms with E-state index in [0.717, 1.165) is 23.0 Å². The van der Waals surface area contributed by atoms with Crippen molar-refractivity contribution in [2.24, 2.45) is 11.8 Å². The van der Waals surface area contributed by atoms with Crippen LogP contribution >= 0.6 is 11.6 Å². The Morgan fingerprint density at radius 3 is 2.67 bits per heavy atom. The number of aromatic nitrogens is 4. The smallest absolute Gasteiger partial charge is 0.182 e. The standard InChI is InChI=1S/C13H15ClN4/c14-12-6-11-13(17-16-12)18(7-15-11)10-4-8-1-2-9(3-8)5-10/h6-10H,1-5H2/t8-,9?,10+/m0/s1. The highest BCUT2D eigenvalue weighted by Gasteiger charge is 2.35. The summed E-state index contributed by atoms with van der Waals surface area (Å²) < 4.78 is 2.21. The van der Waals surface area contributed by atoms with E-state index in [1.165, 1.54) is 32.1 Å². The first-order valence-corrected chi connectivity index (χ1v) is 7.03. The lowest BCUT2D eigenvalue weighted by Gasteiger charge is -2.28. The minimum atomic E-state index is 0.413. The van der Waals surface area contributed by atoms with E-state index < -0.39 is 0 Å². The predicted octanol–water partition coefficient (Wildman–Crippen LogP) is 3.23. The van der Waals surface area contributed by atoms with Crippen molar-refractivity contribution in [2.45, 2.75) is 38.1 Å². The van der Waals surface area contributed by atoms with Crippen molar-refractivity contribution in [1.29, 1.82) is 0 Å². The summed E-state index contributed by atoms with van der Waals surface area (Å²) in [6, 6.07) is 2.34. The van der Waals surface area contributed by atoms with Gasteiger partial charge in [-0.15, -0.1) is 10.2 Å². The largest absolute Gasteiger partial charge is 0.311 e. The molecule has 2 aliphatic carbocycles. The zero-order valence-corrected chi connectivity index (χ0v) is 10.8. The molecule has 4 rings (SSSR count). The lowest BCUT2D eigenvalue weighted by Crippen LogP contribution is -2.19. The van der Waals surface area contributed by atoms with Crippen LogP contribution in [0.4, 0.5) is 0 Å². The SMILES string of the molecule is Clc1cc2ncn([C@H]3CC4CC[C@@H](C4)C3)c2nn1. The van der Waals surface area contributed by atoms with E-state index in [1.807, 2.05) is 6.33 Å². The quantitative estimate of drug-likeness (QED) is 0.792. The summed E-state index contributed by atoms with van der Waals surface area (Å²) in [5.41, 5.74) is 1.73. The molecule has 2 aromatic rings. The molecule has 2 aromatic heterocycles. The third-order valence-corrected chi connectivity index (χ3v) is 4.73. The van der Waals surface area contributed by atoms with Crippen LogP contribution < -0.4 is 0 Å². The average Bonchev–Trinajstić information content (AvgIpc) is 2.92. The van der Waals surface area contributed by atoms with Crippen LogP contribution in [0.25, 0.3) is 11.2 Å². The van der Waals surface area contributed by atoms with Gasteiger partial charge in [-0.05, 0) is 31.1 Å². The number of rotatable bonds is 1. The van der Waals surface area contributed by atoms with Gasteiger partial charge in [0, 0.05) is 12.1 Å². The Balaban J connectivity index is 1.74. The molecular formula is C13H15ClN4. The van der Waals surface area contributed by atoms with E-state index in [1.54, 1.807) is 6.07 Å². The van der Waals surface area contributed by atoms with Crippen molar-refractivity contribution in [1.82, 2.24) is 19.7 Å². The number of nitrogens with zero attached hydrogens (tertiary/aromatic N) is 4. The lowest BCUT2D eigenvalue weighted by molar-refractivity contribution is 0.265. The van der Waals surface area contributed by atoms with Crippen LogP contribution in [0.2, 0.25) is 5.15 Å². The van der Waals surface area contributed by atoms with Crippen molar-refractivity contribution in [3.63, 3.8) is 0 Å². The third-order valence-electron chi connectivity index (χ3n) is 4.55. The zero-order chi connectivity index (χ0) is 12.1. The summed E-state index contributed by atoms with van der Waals surface area (Å²) in [5, 5.41) is 8.56. The topological polar surface area (TPSA) is 43.6 Å². The first-order chi connectivity index (χ1) is 8.79. The number of hydrogen-bond acceptors (Lipinski definition) is 3. The Morgan fingerprint density at radius 1 is 1.11 bits per heavy atom. The van der Waals surface area contributed by atoms with Crippen molar-refractivity contribution in [3.8, 4) is 0 Å². The second kappa shape index (κ2) is 3.92. The van der Waals surface area contributed by atoms with Crippen LogP contribution in [0, 0.1) is 11.8 Å². The fourth-order valence-electron chi connectivity index (χ4n) is 3.78. The Morgan fingerprint density at radius 2 is 1.89 bits per heavy atom. The molecule has 94 valence electrons. The summed E-state index contributed by atoms with van der Waals surface area (Å²) >= 11 is 5.85. The maximum atomic E-state index is 5.85. The van der Waals surface area contributed by atoms with Gasteiger partial charge in [0.25, 0.3) is 0 Å². The van der Waals surface area contributed by atoms with Gasteiger partial charge in [-0.1, -0.05) is 24.4 Å². The van der Waals surface area contributed by atoms with E-state index >= 15 is 0 Å². The number of fused-ring (bicyclic) bond motifs is 3. The van der Waals surface area contributed by atoms with Crippen LogP contribution in [0.15, 0.2) is 12.4 Å². The Labute approximate surface area is 110 Å². The predicted molar refractivity (Wildman–Crippen MR) is 69.4 cm³/mol. The van der Waals surface area contributed by atoms with Gasteiger partial charge < -0.3 is 4.57 Å². The second-order valence-electron chi connectivity index (χ2n) is 5.70. The highest BCUT2D eigenvalue weighted by Crippen LogP contribution is 2.46. The van der Waals surface area contributed by atoms with E-state index in [2.05, 4.69) is 19.7 Å². The third kappa shape index (κ3) is 1.62. The van der Waals surface area contributed by atoms with Gasteiger partial charge >= 0.3 is 0 Å². The number of hydrogen-bond donors (Lipinski definition) is 0. The highest BCUT2D eigenvalue weighted by molar-refractivity contribution is 6.29. The summed E-state index contributed by atoms with van der Waals surface area (Å²) in [6.07, 6.45) is 8.70. The molecule has 18 heavy (non-hydrogen) atoms. The molecule has 0 aromatic carbocycles. The minimum Gasteiger partial charge on any atom is -0.311 e. The molecule has 5 heteroatoms. The highest BCUT2D eigenvalue weighted by atomic mass is 35.5. The van der Waals surface area contributed by atoms with Gasteiger partial charge in [0.05, 0.1) is 6.33 Å². The average molecular weight is 263 g/mol. The Kier molecular flexibility index (Phi) is 2.34. The molecule has 0 aliphatic heterocycles. The number of imidazole rings is 1. The van der Waals surface area contributed by atoms with Crippen molar-refractivity contribution in [2.75, 3.05) is 0 Å². The molecule has 0 N–H and O–H groups in total. The molecule has 0 radical (unpaired) electrons.